The normalized spacial score (nSPS) is 12.1. The molecule has 0 fully saturated rings. The number of carbonyl (C=O) groups is 1. The van der Waals surface area contributed by atoms with Gasteiger partial charge in [0.15, 0.2) is 0 Å². The summed E-state index contributed by atoms with van der Waals surface area (Å²) in [5.41, 5.74) is 0.681. The molecule has 0 amide bonds. The van der Waals surface area contributed by atoms with Crippen molar-refractivity contribution in [3.63, 3.8) is 0 Å². The van der Waals surface area contributed by atoms with Crippen LogP contribution in [-0.4, -0.2) is 12.4 Å². The van der Waals surface area contributed by atoms with E-state index in [0.717, 1.165) is 24.9 Å². The summed E-state index contributed by atoms with van der Waals surface area (Å²) in [6.45, 7) is 4.19. The number of aldehydes is 1. The predicted molar refractivity (Wildman–Crippen MR) is 56.8 cm³/mol. The Morgan fingerprint density at radius 1 is 1.36 bits per heavy atom. The van der Waals surface area contributed by atoms with Crippen molar-refractivity contribution in [1.82, 2.24) is 0 Å². The van der Waals surface area contributed by atoms with E-state index < -0.39 is 0 Å². The molecule has 0 heterocycles. The van der Waals surface area contributed by atoms with E-state index in [-0.39, 0.29) is 6.10 Å². The van der Waals surface area contributed by atoms with Crippen LogP contribution >= 0.6 is 0 Å². The number of ether oxygens (including phenoxy) is 1. The monoisotopic (exact) mass is 192 g/mol. The van der Waals surface area contributed by atoms with E-state index in [2.05, 4.69) is 13.8 Å². The van der Waals surface area contributed by atoms with E-state index in [9.17, 15) is 4.79 Å². The maximum atomic E-state index is 10.4. The second-order valence-electron chi connectivity index (χ2n) is 3.40. The lowest BCUT2D eigenvalue weighted by atomic mass is 10.2. The molecule has 1 rings (SSSR count). The van der Waals surface area contributed by atoms with Crippen molar-refractivity contribution in [1.29, 1.82) is 0 Å². The summed E-state index contributed by atoms with van der Waals surface area (Å²) in [4.78, 5) is 10.4. The largest absolute Gasteiger partial charge is 0.491 e. The first-order chi connectivity index (χ1) is 6.76. The first kappa shape index (κ1) is 10.8. The minimum Gasteiger partial charge on any atom is -0.491 e. The van der Waals surface area contributed by atoms with Gasteiger partial charge >= 0.3 is 0 Å². The molecule has 0 saturated carbocycles. The van der Waals surface area contributed by atoms with E-state index in [1.165, 1.54) is 0 Å². The maximum absolute atomic E-state index is 10.4. The highest BCUT2D eigenvalue weighted by molar-refractivity contribution is 5.74. The fourth-order valence-electron chi connectivity index (χ4n) is 1.32. The van der Waals surface area contributed by atoms with Gasteiger partial charge in [-0.25, -0.2) is 0 Å². The number of hydrogen-bond donors (Lipinski definition) is 0. The van der Waals surface area contributed by atoms with Crippen LogP contribution in [0.25, 0.3) is 0 Å². The molecule has 0 aliphatic carbocycles. The van der Waals surface area contributed by atoms with Crippen LogP contribution in [0.3, 0.4) is 0 Å². The molecule has 14 heavy (non-hydrogen) atoms. The Kier molecular flexibility index (Phi) is 4.17. The van der Waals surface area contributed by atoms with Crippen LogP contribution in [0.1, 0.15) is 37.0 Å². The Labute approximate surface area is 84.9 Å². The van der Waals surface area contributed by atoms with Gasteiger partial charge in [-0.15, -0.1) is 0 Å². The van der Waals surface area contributed by atoms with Crippen molar-refractivity contribution in [2.45, 2.75) is 32.8 Å². The molecule has 1 aromatic carbocycles. The van der Waals surface area contributed by atoms with E-state index >= 15 is 0 Å². The molecule has 0 saturated heterocycles. The molecule has 0 aliphatic heterocycles. The number of hydrogen-bond acceptors (Lipinski definition) is 2. The first-order valence-electron chi connectivity index (χ1n) is 4.98. The summed E-state index contributed by atoms with van der Waals surface area (Å²) in [7, 11) is 0. The first-order valence-corrected chi connectivity index (χ1v) is 4.98. The lowest BCUT2D eigenvalue weighted by molar-refractivity contribution is 0.112. The molecule has 0 radical (unpaired) electrons. The van der Waals surface area contributed by atoms with Crippen molar-refractivity contribution in [2.24, 2.45) is 0 Å². The van der Waals surface area contributed by atoms with E-state index in [4.69, 9.17) is 4.74 Å². The van der Waals surface area contributed by atoms with Gasteiger partial charge in [0.25, 0.3) is 0 Å². The molecular formula is C12H16O2. The quantitative estimate of drug-likeness (QED) is 0.670. The Morgan fingerprint density at radius 2 is 2.00 bits per heavy atom. The van der Waals surface area contributed by atoms with Crippen LogP contribution in [0.4, 0.5) is 0 Å². The van der Waals surface area contributed by atoms with E-state index in [1.54, 1.807) is 12.1 Å². The summed E-state index contributed by atoms with van der Waals surface area (Å²) in [5.74, 6) is 0.830. The highest BCUT2D eigenvalue weighted by Gasteiger charge is 2.01. The minimum atomic E-state index is 0.238. The van der Waals surface area contributed by atoms with Crippen molar-refractivity contribution in [3.05, 3.63) is 29.8 Å². The molecule has 0 bridgehead atoms. The van der Waals surface area contributed by atoms with E-state index in [0.29, 0.717) is 5.56 Å². The number of carbonyl (C=O) groups excluding carboxylic acids is 1. The van der Waals surface area contributed by atoms with Gasteiger partial charge in [-0.3, -0.25) is 4.79 Å². The zero-order chi connectivity index (χ0) is 10.4. The SMILES string of the molecule is CCC[C@H](C)Oc1ccc(C=O)cc1. The van der Waals surface area contributed by atoms with Crippen molar-refractivity contribution in [3.8, 4) is 5.75 Å². The average Bonchev–Trinajstić information content (AvgIpc) is 2.19. The van der Waals surface area contributed by atoms with Gasteiger partial charge in [-0.2, -0.15) is 0 Å². The summed E-state index contributed by atoms with van der Waals surface area (Å²) >= 11 is 0. The highest BCUT2D eigenvalue weighted by atomic mass is 16.5. The zero-order valence-corrected chi connectivity index (χ0v) is 8.69. The topological polar surface area (TPSA) is 26.3 Å². The lowest BCUT2D eigenvalue weighted by Crippen LogP contribution is -2.10. The van der Waals surface area contributed by atoms with Crippen molar-refractivity contribution >= 4 is 6.29 Å². The van der Waals surface area contributed by atoms with Gasteiger partial charge in [0.2, 0.25) is 0 Å². The molecule has 1 atom stereocenters. The Morgan fingerprint density at radius 3 is 2.50 bits per heavy atom. The predicted octanol–water partition coefficient (Wildman–Crippen LogP) is 3.07. The summed E-state index contributed by atoms with van der Waals surface area (Å²) in [6.07, 6.45) is 3.24. The summed E-state index contributed by atoms with van der Waals surface area (Å²) < 4.78 is 5.64. The summed E-state index contributed by atoms with van der Waals surface area (Å²) in [5, 5.41) is 0. The smallest absolute Gasteiger partial charge is 0.150 e. The van der Waals surface area contributed by atoms with E-state index in [1.807, 2.05) is 12.1 Å². The third kappa shape index (κ3) is 3.21. The zero-order valence-electron chi connectivity index (χ0n) is 8.69. The Bertz CT molecular complexity index is 277. The number of benzene rings is 1. The molecule has 2 nitrogen and oxygen atoms in total. The Balaban J connectivity index is 2.55. The van der Waals surface area contributed by atoms with Crippen LogP contribution in [0.15, 0.2) is 24.3 Å². The van der Waals surface area contributed by atoms with Crippen LogP contribution in [0.2, 0.25) is 0 Å². The van der Waals surface area contributed by atoms with Crippen LogP contribution in [0, 0.1) is 0 Å². The van der Waals surface area contributed by atoms with Crippen LogP contribution in [-0.2, 0) is 0 Å². The second-order valence-corrected chi connectivity index (χ2v) is 3.40. The fourth-order valence-corrected chi connectivity index (χ4v) is 1.32. The average molecular weight is 192 g/mol. The van der Waals surface area contributed by atoms with Gasteiger partial charge in [0, 0.05) is 5.56 Å². The lowest BCUT2D eigenvalue weighted by Gasteiger charge is -2.13. The third-order valence-corrected chi connectivity index (χ3v) is 2.05. The second kappa shape index (κ2) is 5.43. The molecule has 0 aliphatic rings. The van der Waals surface area contributed by atoms with Gasteiger partial charge in [-0.05, 0) is 37.6 Å². The molecular weight excluding hydrogens is 176 g/mol. The molecule has 0 unspecified atom stereocenters. The molecule has 1 aromatic rings. The number of rotatable bonds is 5. The highest BCUT2D eigenvalue weighted by Crippen LogP contribution is 2.14. The van der Waals surface area contributed by atoms with Gasteiger partial charge in [0.1, 0.15) is 12.0 Å². The Hall–Kier alpha value is -1.31. The molecule has 2 heteroatoms. The van der Waals surface area contributed by atoms with Crippen molar-refractivity contribution < 1.29 is 9.53 Å². The van der Waals surface area contributed by atoms with Gasteiger partial charge in [-0.1, -0.05) is 13.3 Å². The molecule has 76 valence electrons. The molecule has 0 aromatic heterocycles. The van der Waals surface area contributed by atoms with Gasteiger partial charge in [0.05, 0.1) is 6.10 Å². The standard InChI is InChI=1S/C12H16O2/c1-3-4-10(2)14-12-7-5-11(9-13)6-8-12/h5-10H,3-4H2,1-2H3/t10-/m0/s1. The van der Waals surface area contributed by atoms with Crippen molar-refractivity contribution in [2.75, 3.05) is 0 Å². The fraction of sp³-hybridized carbons (Fsp3) is 0.417. The third-order valence-electron chi connectivity index (χ3n) is 2.05. The molecule has 0 N–H and O–H groups in total. The van der Waals surface area contributed by atoms with Gasteiger partial charge < -0.3 is 4.74 Å². The summed E-state index contributed by atoms with van der Waals surface area (Å²) in [6, 6.07) is 7.19. The van der Waals surface area contributed by atoms with Crippen LogP contribution < -0.4 is 4.74 Å². The minimum absolute atomic E-state index is 0.238. The molecule has 0 spiro atoms. The van der Waals surface area contributed by atoms with Crippen LogP contribution in [0.5, 0.6) is 5.75 Å². The maximum Gasteiger partial charge on any atom is 0.150 e.